The van der Waals surface area contributed by atoms with E-state index in [1.807, 2.05) is 0 Å². The monoisotopic (exact) mass is 268 g/mol. The Labute approximate surface area is 94.8 Å². The van der Waals surface area contributed by atoms with Crippen molar-refractivity contribution >= 4 is 32.9 Å². The normalized spacial score (nSPS) is 10.5. The van der Waals surface area contributed by atoms with Crippen LogP contribution in [-0.4, -0.2) is 22.5 Å². The average molecular weight is 269 g/mol. The fraction of sp³-hybridized carbons (Fsp3) is 0.200. The molecule has 15 heavy (non-hydrogen) atoms. The van der Waals surface area contributed by atoms with Crippen molar-refractivity contribution < 1.29 is 9.53 Å². The third-order valence-corrected chi connectivity index (χ3v) is 2.65. The number of nitrogens with one attached hydrogen (secondary N) is 1. The lowest BCUT2D eigenvalue weighted by molar-refractivity contribution is 0.0528. The second-order valence-corrected chi connectivity index (χ2v) is 3.79. The van der Waals surface area contributed by atoms with Gasteiger partial charge in [-0.25, -0.2) is 9.78 Å². The Morgan fingerprint density at radius 1 is 1.67 bits per heavy atom. The number of hydrogen-bond donors (Lipinski definition) is 1. The van der Waals surface area contributed by atoms with Crippen LogP contribution in [0, 0.1) is 0 Å². The standard InChI is InChI=1S/C10H9BrN2O2/c1-2-15-10(14)6-3-4-12-9-8(6)7(11)5-13-9/h3-5H,2H2,1H3,(H,12,13). The fourth-order valence-electron chi connectivity index (χ4n) is 1.40. The summed E-state index contributed by atoms with van der Waals surface area (Å²) in [5.74, 6) is -0.329. The van der Waals surface area contributed by atoms with Crippen LogP contribution in [0.25, 0.3) is 11.0 Å². The van der Waals surface area contributed by atoms with E-state index in [0.29, 0.717) is 17.8 Å². The summed E-state index contributed by atoms with van der Waals surface area (Å²) in [5.41, 5.74) is 1.20. The Bertz CT molecular complexity index is 507. The summed E-state index contributed by atoms with van der Waals surface area (Å²) >= 11 is 3.36. The van der Waals surface area contributed by atoms with E-state index in [9.17, 15) is 4.79 Å². The Kier molecular flexibility index (Phi) is 2.73. The van der Waals surface area contributed by atoms with Gasteiger partial charge in [-0.15, -0.1) is 0 Å². The largest absolute Gasteiger partial charge is 0.462 e. The second-order valence-electron chi connectivity index (χ2n) is 2.94. The molecule has 2 rings (SSSR count). The minimum Gasteiger partial charge on any atom is -0.462 e. The highest BCUT2D eigenvalue weighted by molar-refractivity contribution is 9.10. The van der Waals surface area contributed by atoms with E-state index < -0.39 is 0 Å². The summed E-state index contributed by atoms with van der Waals surface area (Å²) in [6.07, 6.45) is 3.33. The summed E-state index contributed by atoms with van der Waals surface area (Å²) in [6, 6.07) is 1.65. The number of rotatable bonds is 2. The summed E-state index contributed by atoms with van der Waals surface area (Å²) < 4.78 is 5.77. The quantitative estimate of drug-likeness (QED) is 0.852. The fourth-order valence-corrected chi connectivity index (χ4v) is 1.91. The average Bonchev–Trinajstić information content (AvgIpc) is 2.61. The molecule has 0 fully saturated rings. The maximum absolute atomic E-state index is 11.6. The van der Waals surface area contributed by atoms with Crippen molar-refractivity contribution in [1.82, 2.24) is 9.97 Å². The number of halogens is 1. The van der Waals surface area contributed by atoms with Crippen molar-refractivity contribution in [2.75, 3.05) is 6.61 Å². The van der Waals surface area contributed by atoms with Gasteiger partial charge in [-0.1, -0.05) is 0 Å². The number of pyridine rings is 1. The van der Waals surface area contributed by atoms with Gasteiger partial charge in [-0.2, -0.15) is 0 Å². The summed E-state index contributed by atoms with van der Waals surface area (Å²) in [7, 11) is 0. The number of fused-ring (bicyclic) bond motifs is 1. The summed E-state index contributed by atoms with van der Waals surface area (Å²) in [5, 5.41) is 0.760. The maximum Gasteiger partial charge on any atom is 0.338 e. The third kappa shape index (κ3) is 1.74. The van der Waals surface area contributed by atoms with Crippen LogP contribution >= 0.6 is 15.9 Å². The molecule has 0 atom stereocenters. The second kappa shape index (κ2) is 4.02. The highest BCUT2D eigenvalue weighted by atomic mass is 79.9. The highest BCUT2D eigenvalue weighted by Crippen LogP contribution is 2.25. The predicted octanol–water partition coefficient (Wildman–Crippen LogP) is 2.50. The van der Waals surface area contributed by atoms with E-state index in [0.717, 1.165) is 9.86 Å². The molecule has 5 heteroatoms. The zero-order valence-electron chi connectivity index (χ0n) is 8.08. The number of esters is 1. The molecule has 0 unspecified atom stereocenters. The molecule has 0 radical (unpaired) electrons. The lowest BCUT2D eigenvalue weighted by Gasteiger charge is -2.02. The Morgan fingerprint density at radius 3 is 3.20 bits per heavy atom. The van der Waals surface area contributed by atoms with Gasteiger partial charge in [0.1, 0.15) is 5.65 Å². The first-order chi connectivity index (χ1) is 7.24. The smallest absolute Gasteiger partial charge is 0.338 e. The van der Waals surface area contributed by atoms with Crippen molar-refractivity contribution in [2.45, 2.75) is 6.92 Å². The number of aromatic nitrogens is 2. The Morgan fingerprint density at radius 2 is 2.47 bits per heavy atom. The molecule has 0 bridgehead atoms. The SMILES string of the molecule is CCOC(=O)c1ccnc2[nH]cc(Br)c12. The first-order valence-electron chi connectivity index (χ1n) is 4.52. The molecule has 2 aromatic rings. The molecule has 0 aliphatic rings. The van der Waals surface area contributed by atoms with Gasteiger partial charge in [0.25, 0.3) is 0 Å². The predicted molar refractivity (Wildman–Crippen MR) is 59.8 cm³/mol. The van der Waals surface area contributed by atoms with Crippen LogP contribution in [0.4, 0.5) is 0 Å². The number of ether oxygens (including phenoxy) is 1. The van der Waals surface area contributed by atoms with E-state index in [2.05, 4.69) is 25.9 Å². The van der Waals surface area contributed by atoms with E-state index >= 15 is 0 Å². The number of carbonyl (C=O) groups is 1. The number of nitrogens with zero attached hydrogens (tertiary/aromatic N) is 1. The topological polar surface area (TPSA) is 55.0 Å². The Hall–Kier alpha value is -1.36. The minimum atomic E-state index is -0.329. The minimum absolute atomic E-state index is 0.329. The van der Waals surface area contributed by atoms with Crippen molar-refractivity contribution in [1.29, 1.82) is 0 Å². The summed E-state index contributed by atoms with van der Waals surface area (Å²) in [4.78, 5) is 18.7. The highest BCUT2D eigenvalue weighted by Gasteiger charge is 2.14. The molecule has 0 aliphatic heterocycles. The maximum atomic E-state index is 11.6. The molecule has 0 amide bonds. The van der Waals surface area contributed by atoms with E-state index in [1.54, 1.807) is 25.4 Å². The van der Waals surface area contributed by atoms with E-state index in [-0.39, 0.29) is 5.97 Å². The van der Waals surface area contributed by atoms with E-state index in [1.165, 1.54) is 0 Å². The van der Waals surface area contributed by atoms with Gasteiger partial charge >= 0.3 is 5.97 Å². The number of H-pyrrole nitrogens is 1. The van der Waals surface area contributed by atoms with Crippen LogP contribution in [0.5, 0.6) is 0 Å². The molecular weight excluding hydrogens is 260 g/mol. The molecule has 0 spiro atoms. The molecule has 2 aromatic heterocycles. The first kappa shape index (κ1) is 10.2. The zero-order valence-corrected chi connectivity index (χ0v) is 9.67. The van der Waals surface area contributed by atoms with Gasteiger partial charge in [0.05, 0.1) is 12.2 Å². The van der Waals surface area contributed by atoms with Crippen molar-refractivity contribution in [3.8, 4) is 0 Å². The lowest BCUT2D eigenvalue weighted by atomic mass is 10.2. The van der Waals surface area contributed by atoms with Crippen molar-refractivity contribution in [2.24, 2.45) is 0 Å². The van der Waals surface area contributed by atoms with Gasteiger partial charge < -0.3 is 9.72 Å². The zero-order chi connectivity index (χ0) is 10.8. The van der Waals surface area contributed by atoms with Crippen LogP contribution < -0.4 is 0 Å². The molecule has 1 N–H and O–H groups in total. The Balaban J connectivity index is 2.59. The van der Waals surface area contributed by atoms with Gasteiger partial charge in [0.2, 0.25) is 0 Å². The number of aromatic amines is 1. The van der Waals surface area contributed by atoms with Crippen LogP contribution in [0.3, 0.4) is 0 Å². The van der Waals surface area contributed by atoms with Gasteiger partial charge in [-0.3, -0.25) is 0 Å². The van der Waals surface area contributed by atoms with Crippen LogP contribution in [0.15, 0.2) is 22.9 Å². The molecule has 0 aromatic carbocycles. The molecule has 2 heterocycles. The van der Waals surface area contributed by atoms with Crippen LogP contribution in [0.2, 0.25) is 0 Å². The molecule has 0 aliphatic carbocycles. The van der Waals surface area contributed by atoms with Crippen LogP contribution in [-0.2, 0) is 4.74 Å². The molecule has 0 saturated carbocycles. The van der Waals surface area contributed by atoms with Gasteiger partial charge in [0.15, 0.2) is 0 Å². The van der Waals surface area contributed by atoms with Crippen molar-refractivity contribution in [3.05, 3.63) is 28.5 Å². The first-order valence-corrected chi connectivity index (χ1v) is 5.32. The molecule has 78 valence electrons. The van der Waals surface area contributed by atoms with E-state index in [4.69, 9.17) is 4.74 Å². The number of hydrogen-bond acceptors (Lipinski definition) is 3. The van der Waals surface area contributed by atoms with Gasteiger partial charge in [0, 0.05) is 22.3 Å². The number of carbonyl (C=O) groups excluding carboxylic acids is 1. The lowest BCUT2D eigenvalue weighted by Crippen LogP contribution is -2.05. The molecular formula is C10H9BrN2O2. The third-order valence-electron chi connectivity index (χ3n) is 2.02. The van der Waals surface area contributed by atoms with Crippen LogP contribution in [0.1, 0.15) is 17.3 Å². The van der Waals surface area contributed by atoms with Gasteiger partial charge in [-0.05, 0) is 28.9 Å². The molecule has 4 nitrogen and oxygen atoms in total. The summed E-state index contributed by atoms with van der Waals surface area (Å²) in [6.45, 7) is 2.15. The van der Waals surface area contributed by atoms with Crippen molar-refractivity contribution in [3.63, 3.8) is 0 Å². The molecule has 0 saturated heterocycles.